The second kappa shape index (κ2) is 12.6. The first-order valence-electron chi connectivity index (χ1n) is 12.7. The largest absolute Gasteiger partial charge is 0.486 e. The Hall–Kier alpha value is -3.44. The highest BCUT2D eigenvalue weighted by Crippen LogP contribution is 2.40. The van der Waals surface area contributed by atoms with E-state index in [4.69, 9.17) is 14.2 Å². The average Bonchev–Trinajstić information content (AvgIpc) is 3.38. The van der Waals surface area contributed by atoms with E-state index >= 15 is 0 Å². The van der Waals surface area contributed by atoms with E-state index in [9.17, 15) is 13.2 Å². The van der Waals surface area contributed by atoms with E-state index in [2.05, 4.69) is 11.2 Å². The van der Waals surface area contributed by atoms with Crippen LogP contribution in [0.3, 0.4) is 0 Å². The van der Waals surface area contributed by atoms with Crippen molar-refractivity contribution in [2.45, 2.75) is 49.1 Å². The molecule has 0 saturated carbocycles. The van der Waals surface area contributed by atoms with Crippen LogP contribution < -0.4 is 13.8 Å². The van der Waals surface area contributed by atoms with E-state index in [-0.39, 0.29) is 36.3 Å². The summed E-state index contributed by atoms with van der Waals surface area (Å²) in [6.07, 6.45) is 7.34. The molecule has 0 radical (unpaired) electrons. The van der Waals surface area contributed by atoms with Gasteiger partial charge in [0.05, 0.1) is 25.9 Å². The fourth-order valence-electron chi connectivity index (χ4n) is 4.26. The molecule has 0 N–H and O–H groups in total. The van der Waals surface area contributed by atoms with Crippen LogP contribution in [0.2, 0.25) is 0 Å². The summed E-state index contributed by atoms with van der Waals surface area (Å²) >= 11 is 1.66. The van der Waals surface area contributed by atoms with Gasteiger partial charge in [0.25, 0.3) is 15.9 Å². The van der Waals surface area contributed by atoms with Crippen molar-refractivity contribution in [2.24, 2.45) is 0 Å². The zero-order valence-electron chi connectivity index (χ0n) is 22.5. The highest BCUT2D eigenvalue weighted by molar-refractivity contribution is 7.98. The van der Waals surface area contributed by atoms with E-state index in [0.29, 0.717) is 24.4 Å². The summed E-state index contributed by atoms with van der Waals surface area (Å²) in [5.74, 6) is 0.0955. The van der Waals surface area contributed by atoms with Gasteiger partial charge in [0.15, 0.2) is 4.90 Å². The zero-order chi connectivity index (χ0) is 28.0. The summed E-state index contributed by atoms with van der Waals surface area (Å²) in [5, 5.41) is 4.31. The van der Waals surface area contributed by atoms with Gasteiger partial charge in [0.1, 0.15) is 11.9 Å². The molecule has 1 atom stereocenters. The molecule has 0 bridgehead atoms. The van der Waals surface area contributed by atoms with Crippen molar-refractivity contribution in [3.05, 3.63) is 59.8 Å². The number of methoxy groups -OCH3 is 1. The number of sulfonamides is 1. The Kier molecular flexibility index (Phi) is 9.24. The molecule has 9 nitrogen and oxygen atoms in total. The number of carbonyl (C=O) groups is 1. The summed E-state index contributed by atoms with van der Waals surface area (Å²) < 4.78 is 47.6. The highest BCUT2D eigenvalue weighted by Gasteiger charge is 2.37. The molecule has 0 spiro atoms. The van der Waals surface area contributed by atoms with Gasteiger partial charge in [0.2, 0.25) is 0 Å². The third-order valence-electron chi connectivity index (χ3n) is 6.28. The fraction of sp³-hybridized carbons (Fsp3) is 0.357. The predicted octanol–water partition coefficient (Wildman–Crippen LogP) is 5.10. The van der Waals surface area contributed by atoms with E-state index < -0.39 is 16.1 Å². The number of hydrogen-bond acceptors (Lipinski definition) is 8. The Balaban J connectivity index is 1.75. The van der Waals surface area contributed by atoms with Crippen molar-refractivity contribution in [1.29, 1.82) is 0 Å². The molecule has 4 rings (SSSR count). The van der Waals surface area contributed by atoms with Crippen LogP contribution in [0, 0.1) is 0 Å². The minimum absolute atomic E-state index is 0.0133. The molecule has 1 aromatic heterocycles. The molecule has 208 valence electrons. The van der Waals surface area contributed by atoms with Gasteiger partial charge in [-0.25, -0.2) is 8.42 Å². The van der Waals surface area contributed by atoms with Crippen LogP contribution in [0.15, 0.2) is 58.5 Å². The molecule has 0 saturated heterocycles. The van der Waals surface area contributed by atoms with Gasteiger partial charge in [-0.1, -0.05) is 36.4 Å². The minimum atomic E-state index is -4.09. The van der Waals surface area contributed by atoms with Crippen molar-refractivity contribution in [2.75, 3.05) is 30.8 Å². The number of rotatable bonds is 11. The molecule has 0 aliphatic carbocycles. The van der Waals surface area contributed by atoms with Crippen molar-refractivity contribution in [1.82, 2.24) is 9.78 Å². The Morgan fingerprint density at radius 2 is 2.00 bits per heavy atom. The lowest BCUT2D eigenvalue weighted by molar-refractivity contribution is -0.141. The summed E-state index contributed by atoms with van der Waals surface area (Å²) in [5.41, 5.74) is 2.30. The number of carbonyl (C=O) groups excluding carboxylic acids is 1. The lowest BCUT2D eigenvalue weighted by atomic mass is 10.1. The fourth-order valence-corrected chi connectivity index (χ4v) is 6.42. The Bertz CT molecular complexity index is 1450. The first kappa shape index (κ1) is 28.6. The number of aryl methyl sites for hydroxylation is 1. The topological polar surface area (TPSA) is 100.0 Å². The monoisotopic (exact) mass is 571 g/mol. The number of fused-ring (bicyclic) bond motifs is 1. The maximum absolute atomic E-state index is 14.1. The lowest BCUT2D eigenvalue weighted by Crippen LogP contribution is -2.43. The van der Waals surface area contributed by atoms with Crippen LogP contribution in [0.1, 0.15) is 37.8 Å². The van der Waals surface area contributed by atoms with Crippen LogP contribution in [0.5, 0.6) is 11.6 Å². The Morgan fingerprint density at radius 1 is 1.21 bits per heavy atom. The molecule has 2 aromatic carbocycles. The summed E-state index contributed by atoms with van der Waals surface area (Å²) in [6, 6.07) is 13.5. The summed E-state index contributed by atoms with van der Waals surface area (Å²) in [7, 11) is -2.76. The second-order valence-corrected chi connectivity index (χ2v) is 11.5. The minimum Gasteiger partial charge on any atom is -0.486 e. The van der Waals surface area contributed by atoms with Gasteiger partial charge in [0, 0.05) is 24.1 Å². The molecule has 1 aliphatic heterocycles. The maximum Gasteiger partial charge on any atom is 0.305 e. The third kappa shape index (κ3) is 6.42. The molecule has 1 unspecified atom stereocenters. The molecule has 2 heterocycles. The number of hydrogen-bond donors (Lipinski definition) is 0. The van der Waals surface area contributed by atoms with Crippen LogP contribution in [0.4, 0.5) is 5.69 Å². The number of anilines is 1. The molecule has 0 fully saturated rings. The van der Waals surface area contributed by atoms with Crippen LogP contribution in [-0.4, -0.2) is 56.8 Å². The van der Waals surface area contributed by atoms with Gasteiger partial charge in [-0.15, -0.1) is 16.9 Å². The maximum atomic E-state index is 14.1. The number of thioether (sulfide) groups is 1. The normalized spacial score (nSPS) is 15.2. The summed E-state index contributed by atoms with van der Waals surface area (Å²) in [6.45, 7) is 4.44. The number of aromatic nitrogens is 2. The number of nitrogens with zero attached hydrogens (tertiary/aromatic N) is 3. The quantitative estimate of drug-likeness (QED) is 0.178. The number of esters is 1. The van der Waals surface area contributed by atoms with Gasteiger partial charge in [-0.05, 0) is 55.9 Å². The van der Waals surface area contributed by atoms with Gasteiger partial charge in [-0.3, -0.25) is 13.8 Å². The molecule has 39 heavy (non-hydrogen) atoms. The molecular weight excluding hydrogens is 538 g/mol. The number of benzene rings is 2. The van der Waals surface area contributed by atoms with Gasteiger partial charge >= 0.3 is 5.97 Å². The van der Waals surface area contributed by atoms with E-state index in [1.54, 1.807) is 30.8 Å². The molecule has 0 amide bonds. The van der Waals surface area contributed by atoms with Gasteiger partial charge < -0.3 is 14.2 Å². The van der Waals surface area contributed by atoms with E-state index in [1.165, 1.54) is 22.3 Å². The highest BCUT2D eigenvalue weighted by atomic mass is 32.2. The standard InChI is InChI=1S/C28H33N3O6S2/c1-5-30-19-26(28(29-30)36-6-2)39(33,34)31-18-22(14-16-27(32)35-3)37-24-15-12-20(17-23(24)31)11-13-21-9-7-8-10-25(21)38-4/h7-13,15,17,19,22H,5-6,14,16,18H2,1-4H3. The molecular formula is C28H33N3O6S2. The Morgan fingerprint density at radius 3 is 2.72 bits per heavy atom. The number of ether oxygens (including phenoxy) is 3. The van der Waals surface area contributed by atoms with Crippen molar-refractivity contribution < 1.29 is 27.4 Å². The molecule has 3 aromatic rings. The van der Waals surface area contributed by atoms with Crippen LogP contribution in [0.25, 0.3) is 12.2 Å². The van der Waals surface area contributed by atoms with E-state index in [0.717, 1.165) is 16.0 Å². The first-order valence-corrected chi connectivity index (χ1v) is 15.4. The molecule has 11 heteroatoms. The SMILES string of the molecule is CCOc1nn(CC)cc1S(=O)(=O)N1CC(CCC(=O)OC)Oc2ccc(C=Cc3ccccc3SC)cc21. The molecule has 1 aliphatic rings. The first-order chi connectivity index (χ1) is 18.8. The van der Waals surface area contributed by atoms with Crippen molar-refractivity contribution in [3.63, 3.8) is 0 Å². The van der Waals surface area contributed by atoms with Crippen LogP contribution in [-0.2, 0) is 26.1 Å². The summed E-state index contributed by atoms with van der Waals surface area (Å²) in [4.78, 5) is 12.9. The smallest absolute Gasteiger partial charge is 0.305 e. The van der Waals surface area contributed by atoms with Gasteiger partial charge in [-0.2, -0.15) is 0 Å². The van der Waals surface area contributed by atoms with Crippen molar-refractivity contribution in [3.8, 4) is 11.6 Å². The second-order valence-electron chi connectivity index (χ2n) is 8.78. The zero-order valence-corrected chi connectivity index (χ0v) is 24.1. The lowest BCUT2D eigenvalue weighted by Gasteiger charge is -2.35. The van der Waals surface area contributed by atoms with E-state index in [1.807, 2.05) is 49.6 Å². The average molecular weight is 572 g/mol. The predicted molar refractivity (Wildman–Crippen MR) is 153 cm³/mol. The van der Waals surface area contributed by atoms with Crippen molar-refractivity contribution >= 4 is 45.6 Å². The Labute approximate surface area is 233 Å². The third-order valence-corrected chi connectivity index (χ3v) is 8.85. The van der Waals surface area contributed by atoms with Crippen LogP contribution >= 0.6 is 11.8 Å².